The van der Waals surface area contributed by atoms with Gasteiger partial charge >= 0.3 is 0 Å². The third-order valence-corrected chi connectivity index (χ3v) is 4.14. The number of hydrogen-bond acceptors (Lipinski definition) is 3. The summed E-state index contributed by atoms with van der Waals surface area (Å²) in [5.74, 6) is 0.641. The molecule has 2 atom stereocenters. The maximum absolute atomic E-state index is 5.47. The van der Waals surface area contributed by atoms with E-state index in [2.05, 4.69) is 32.3 Å². The van der Waals surface area contributed by atoms with Gasteiger partial charge in [-0.2, -0.15) is 0 Å². The molecule has 0 radical (unpaired) electrons. The lowest BCUT2D eigenvalue weighted by Crippen LogP contribution is -2.25. The molecule has 2 rings (SSSR count). The van der Waals surface area contributed by atoms with Crippen LogP contribution in [-0.4, -0.2) is 20.3 Å². The molecule has 1 saturated heterocycles. The van der Waals surface area contributed by atoms with Crippen LogP contribution in [0.4, 0.5) is 0 Å². The van der Waals surface area contributed by atoms with Crippen LogP contribution in [0.2, 0.25) is 0 Å². The Balaban J connectivity index is 2.21. The molecule has 84 valence electrons. The highest BCUT2D eigenvalue weighted by Gasteiger charge is 2.27. The normalized spacial score (nSPS) is 23.3. The van der Waals surface area contributed by atoms with E-state index in [1.165, 1.54) is 21.7 Å². The molecule has 0 aliphatic carbocycles. The standard InChI is InChI=1S/C12H19NOS/c1-8-6-11(9(2)15-8)12(13-3)10-4-5-14-7-10/h6,10,12-13H,4-5,7H2,1-3H3. The predicted octanol–water partition coefficient (Wildman–Crippen LogP) is 2.66. The molecule has 2 heterocycles. The number of ether oxygens (including phenoxy) is 1. The molecule has 15 heavy (non-hydrogen) atoms. The van der Waals surface area contributed by atoms with Gasteiger partial charge < -0.3 is 10.1 Å². The molecule has 0 saturated carbocycles. The first-order valence-corrected chi connectivity index (χ1v) is 6.36. The van der Waals surface area contributed by atoms with E-state index in [0.29, 0.717) is 12.0 Å². The summed E-state index contributed by atoms with van der Waals surface area (Å²) in [5, 5.41) is 3.44. The summed E-state index contributed by atoms with van der Waals surface area (Å²) in [6.45, 7) is 6.22. The van der Waals surface area contributed by atoms with E-state index in [4.69, 9.17) is 4.74 Å². The minimum Gasteiger partial charge on any atom is -0.381 e. The number of hydrogen-bond donors (Lipinski definition) is 1. The SMILES string of the molecule is CNC(c1cc(C)sc1C)C1CCOC1. The molecular formula is C12H19NOS. The summed E-state index contributed by atoms with van der Waals surface area (Å²) in [5.41, 5.74) is 1.47. The maximum Gasteiger partial charge on any atom is 0.0513 e. The zero-order valence-corrected chi connectivity index (χ0v) is 10.5. The van der Waals surface area contributed by atoms with Crippen molar-refractivity contribution in [3.8, 4) is 0 Å². The molecule has 0 spiro atoms. The molecule has 0 aromatic carbocycles. The summed E-state index contributed by atoms with van der Waals surface area (Å²) < 4.78 is 5.47. The molecule has 0 bridgehead atoms. The monoisotopic (exact) mass is 225 g/mol. The van der Waals surface area contributed by atoms with E-state index >= 15 is 0 Å². The molecule has 3 heteroatoms. The first-order chi connectivity index (χ1) is 7.22. The number of thiophene rings is 1. The van der Waals surface area contributed by atoms with Crippen LogP contribution in [0.3, 0.4) is 0 Å². The summed E-state index contributed by atoms with van der Waals surface area (Å²) in [6, 6.07) is 2.79. The van der Waals surface area contributed by atoms with Crippen molar-refractivity contribution >= 4 is 11.3 Å². The topological polar surface area (TPSA) is 21.3 Å². The molecule has 1 aromatic heterocycles. The van der Waals surface area contributed by atoms with Crippen molar-refractivity contribution in [1.29, 1.82) is 0 Å². The average Bonchev–Trinajstić information content (AvgIpc) is 2.79. The molecule has 1 N–H and O–H groups in total. The van der Waals surface area contributed by atoms with E-state index in [-0.39, 0.29) is 0 Å². The van der Waals surface area contributed by atoms with Crippen LogP contribution in [0.1, 0.15) is 27.8 Å². The smallest absolute Gasteiger partial charge is 0.0513 e. The molecule has 2 unspecified atom stereocenters. The van der Waals surface area contributed by atoms with Crippen LogP contribution in [0, 0.1) is 19.8 Å². The van der Waals surface area contributed by atoms with Crippen molar-refractivity contribution in [2.75, 3.05) is 20.3 Å². The Morgan fingerprint density at radius 2 is 2.33 bits per heavy atom. The van der Waals surface area contributed by atoms with E-state index < -0.39 is 0 Å². The van der Waals surface area contributed by atoms with Gasteiger partial charge in [-0.1, -0.05) is 0 Å². The summed E-state index contributed by atoms with van der Waals surface area (Å²) in [4.78, 5) is 2.85. The van der Waals surface area contributed by atoms with Gasteiger partial charge in [0.1, 0.15) is 0 Å². The van der Waals surface area contributed by atoms with Crippen LogP contribution in [0.25, 0.3) is 0 Å². The number of aryl methyl sites for hydroxylation is 2. The third kappa shape index (κ3) is 2.25. The lowest BCUT2D eigenvalue weighted by atomic mass is 9.93. The molecule has 2 nitrogen and oxygen atoms in total. The Morgan fingerprint density at radius 1 is 1.53 bits per heavy atom. The van der Waals surface area contributed by atoms with Crippen LogP contribution in [-0.2, 0) is 4.74 Å². The van der Waals surface area contributed by atoms with E-state index in [1.807, 2.05) is 11.3 Å². The summed E-state index contributed by atoms with van der Waals surface area (Å²) >= 11 is 1.89. The number of rotatable bonds is 3. The van der Waals surface area contributed by atoms with Crippen LogP contribution in [0.15, 0.2) is 6.07 Å². The first kappa shape index (κ1) is 11.1. The van der Waals surface area contributed by atoms with Gasteiger partial charge in [0.2, 0.25) is 0 Å². The highest BCUT2D eigenvalue weighted by Crippen LogP contribution is 2.33. The third-order valence-electron chi connectivity index (χ3n) is 3.16. The molecule has 1 aliphatic rings. The molecule has 1 fully saturated rings. The Kier molecular flexibility index (Phi) is 3.44. The maximum atomic E-state index is 5.47. The van der Waals surface area contributed by atoms with Crippen LogP contribution in [0.5, 0.6) is 0 Å². The fourth-order valence-electron chi connectivity index (χ4n) is 2.42. The first-order valence-electron chi connectivity index (χ1n) is 5.54. The number of nitrogens with one attached hydrogen (secondary N) is 1. The van der Waals surface area contributed by atoms with Gasteiger partial charge in [0.05, 0.1) is 6.61 Å². The zero-order valence-electron chi connectivity index (χ0n) is 9.67. The van der Waals surface area contributed by atoms with Gasteiger partial charge in [-0.05, 0) is 38.9 Å². The van der Waals surface area contributed by atoms with Crippen molar-refractivity contribution in [2.45, 2.75) is 26.3 Å². The van der Waals surface area contributed by atoms with E-state index in [9.17, 15) is 0 Å². The van der Waals surface area contributed by atoms with Gasteiger partial charge in [-0.15, -0.1) is 11.3 Å². The minimum absolute atomic E-state index is 0.470. The van der Waals surface area contributed by atoms with Gasteiger partial charge in [0, 0.05) is 28.3 Å². The Labute approximate surface area is 95.6 Å². The second-order valence-corrected chi connectivity index (χ2v) is 5.72. The minimum atomic E-state index is 0.470. The van der Waals surface area contributed by atoms with Gasteiger partial charge in [-0.3, -0.25) is 0 Å². The fourth-order valence-corrected chi connectivity index (χ4v) is 3.39. The zero-order chi connectivity index (χ0) is 10.8. The quantitative estimate of drug-likeness (QED) is 0.854. The van der Waals surface area contributed by atoms with Crippen LogP contribution < -0.4 is 5.32 Å². The summed E-state index contributed by atoms with van der Waals surface area (Å²) in [7, 11) is 2.05. The van der Waals surface area contributed by atoms with Gasteiger partial charge in [0.25, 0.3) is 0 Å². The Bertz CT molecular complexity index is 328. The molecule has 0 amide bonds. The summed E-state index contributed by atoms with van der Waals surface area (Å²) in [6.07, 6.45) is 1.18. The van der Waals surface area contributed by atoms with Crippen molar-refractivity contribution in [3.63, 3.8) is 0 Å². The Hall–Kier alpha value is -0.380. The highest BCUT2D eigenvalue weighted by atomic mass is 32.1. The second kappa shape index (κ2) is 4.64. The Morgan fingerprint density at radius 3 is 2.80 bits per heavy atom. The van der Waals surface area contributed by atoms with Crippen molar-refractivity contribution < 1.29 is 4.74 Å². The molecule has 1 aliphatic heterocycles. The van der Waals surface area contributed by atoms with Gasteiger partial charge in [0.15, 0.2) is 0 Å². The molecule has 1 aromatic rings. The van der Waals surface area contributed by atoms with E-state index in [0.717, 1.165) is 13.2 Å². The van der Waals surface area contributed by atoms with Crippen molar-refractivity contribution in [2.24, 2.45) is 5.92 Å². The van der Waals surface area contributed by atoms with E-state index in [1.54, 1.807) is 0 Å². The lowest BCUT2D eigenvalue weighted by Gasteiger charge is -2.21. The largest absolute Gasteiger partial charge is 0.381 e. The van der Waals surface area contributed by atoms with Crippen molar-refractivity contribution in [3.05, 3.63) is 21.4 Å². The highest BCUT2D eigenvalue weighted by molar-refractivity contribution is 7.12. The lowest BCUT2D eigenvalue weighted by molar-refractivity contribution is 0.178. The fraction of sp³-hybridized carbons (Fsp3) is 0.667. The predicted molar refractivity (Wildman–Crippen MR) is 64.5 cm³/mol. The average molecular weight is 225 g/mol. The van der Waals surface area contributed by atoms with Crippen LogP contribution >= 0.6 is 11.3 Å². The molecular weight excluding hydrogens is 206 g/mol. The second-order valence-electron chi connectivity index (χ2n) is 4.26. The van der Waals surface area contributed by atoms with Crippen molar-refractivity contribution in [1.82, 2.24) is 5.32 Å². The van der Waals surface area contributed by atoms with Gasteiger partial charge in [-0.25, -0.2) is 0 Å².